The van der Waals surface area contributed by atoms with Gasteiger partial charge in [-0.05, 0) is 77.0 Å². The molecule has 0 aromatic rings. The number of hydrogen-bond donors (Lipinski definition) is 3. The number of likely N-dealkylation sites (N-methyl/N-ethyl adjacent to an activating group) is 1. The van der Waals surface area contributed by atoms with Gasteiger partial charge in [0, 0.05) is 12.8 Å². The zero-order valence-electron chi connectivity index (χ0n) is 35.8. The van der Waals surface area contributed by atoms with Crippen LogP contribution < -0.4 is 0 Å². The molecule has 0 rings (SSSR count). The van der Waals surface area contributed by atoms with E-state index >= 15 is 0 Å². The molecule has 0 fully saturated rings. The first-order valence-electron chi connectivity index (χ1n) is 21.5. The molecule has 0 aliphatic heterocycles. The van der Waals surface area contributed by atoms with Gasteiger partial charge in [-0.3, -0.25) is 18.6 Å². The Morgan fingerprint density at radius 3 is 1.75 bits per heavy atom. The lowest BCUT2D eigenvalue weighted by Gasteiger charge is -2.24. The van der Waals surface area contributed by atoms with Crippen molar-refractivity contribution in [2.45, 2.75) is 173 Å². The Kier molecular flexibility index (Phi) is 34.6. The minimum atomic E-state index is -4.42. The van der Waals surface area contributed by atoms with E-state index in [2.05, 4.69) is 56.4 Å². The number of allylic oxidation sites excluding steroid dienone is 7. The van der Waals surface area contributed by atoms with Gasteiger partial charge < -0.3 is 29.1 Å². The van der Waals surface area contributed by atoms with Crippen LogP contribution in [0.3, 0.4) is 0 Å². The summed E-state index contributed by atoms with van der Waals surface area (Å²) in [5, 5.41) is 20.5. The third kappa shape index (κ3) is 37.5. The fourth-order valence-corrected chi connectivity index (χ4v) is 6.19. The number of aliphatic hydroxyl groups excluding tert-OH is 2. The monoisotopic (exact) mass is 815 g/mol. The van der Waals surface area contributed by atoms with Crippen LogP contribution in [0.4, 0.5) is 0 Å². The normalized spacial score (nSPS) is 15.2. The highest BCUT2D eigenvalue weighted by Crippen LogP contribution is 2.43. The molecule has 0 bridgehead atoms. The zero-order valence-corrected chi connectivity index (χ0v) is 36.7. The first-order valence-corrected chi connectivity index (χ1v) is 23.0. The molecule has 0 aromatic heterocycles. The molecule has 12 heteroatoms. The van der Waals surface area contributed by atoms with Crippen molar-refractivity contribution in [3.05, 3.63) is 48.6 Å². The topological polar surface area (TPSA) is 149 Å². The summed E-state index contributed by atoms with van der Waals surface area (Å²) in [4.78, 5) is 35.3. The molecular formula is C44H81NO10P+. The first kappa shape index (κ1) is 53.9. The van der Waals surface area contributed by atoms with Crippen LogP contribution in [0.1, 0.15) is 155 Å². The van der Waals surface area contributed by atoms with Crippen molar-refractivity contribution in [2.75, 3.05) is 47.5 Å². The Bertz CT molecular complexity index is 1130. The SMILES string of the molecule is CCCCC/C=C\C/C=C\C/C=C\CCCCC(=O)OC[C@H](COP(=O)(O)OCC[N+](C)(C)C)OC(=O)CCCCCCC[C@H](O)[C@@H](O)C/C=C\CCCCC. The number of phosphoric acid groups is 1. The Labute approximate surface area is 340 Å². The summed E-state index contributed by atoms with van der Waals surface area (Å²) in [7, 11) is 1.35. The van der Waals surface area contributed by atoms with E-state index in [0.29, 0.717) is 36.7 Å². The highest BCUT2D eigenvalue weighted by molar-refractivity contribution is 7.47. The average Bonchev–Trinajstić information content (AvgIpc) is 3.14. The molecule has 3 N–H and O–H groups in total. The predicted molar refractivity (Wildman–Crippen MR) is 227 cm³/mol. The number of ether oxygens (including phenoxy) is 2. The van der Waals surface area contributed by atoms with Crippen molar-refractivity contribution in [1.29, 1.82) is 0 Å². The molecule has 4 atom stereocenters. The van der Waals surface area contributed by atoms with Crippen LogP contribution in [0.25, 0.3) is 0 Å². The maximum absolute atomic E-state index is 12.7. The number of carbonyl (C=O) groups excluding carboxylic acids is 2. The molecule has 0 spiro atoms. The standard InChI is InChI=1S/C44H80NO10P/c1-6-8-10-12-14-15-16-17-18-19-20-21-22-26-30-34-43(48)52-38-40(39-54-56(50,51)53-37-36-45(3,4)5)55-44(49)35-31-27-23-25-29-33-42(47)41(46)32-28-24-13-11-9-7-2/h14-15,17-18,20-21,24,28,40-42,46-47H,6-13,16,19,22-23,25-27,29-39H2,1-5H3/p+1/b15-14-,18-17-,21-20-,28-24-/t40-,41+,42+/m1/s1. The minimum Gasteiger partial charge on any atom is -0.462 e. The average molecular weight is 815 g/mol. The molecule has 326 valence electrons. The van der Waals surface area contributed by atoms with Gasteiger partial charge in [0.25, 0.3) is 0 Å². The van der Waals surface area contributed by atoms with Gasteiger partial charge in [0.1, 0.15) is 19.8 Å². The molecule has 0 aliphatic carbocycles. The van der Waals surface area contributed by atoms with Gasteiger partial charge in [0.05, 0.1) is 40.0 Å². The Balaban J connectivity index is 4.57. The molecule has 0 saturated heterocycles. The van der Waals surface area contributed by atoms with Crippen LogP contribution in [0.5, 0.6) is 0 Å². The van der Waals surface area contributed by atoms with Gasteiger partial charge >= 0.3 is 19.8 Å². The Morgan fingerprint density at radius 1 is 0.625 bits per heavy atom. The van der Waals surface area contributed by atoms with Crippen molar-refractivity contribution in [3.63, 3.8) is 0 Å². The van der Waals surface area contributed by atoms with E-state index in [0.717, 1.165) is 70.6 Å². The second-order valence-corrected chi connectivity index (χ2v) is 17.1. The molecule has 0 heterocycles. The van der Waals surface area contributed by atoms with Crippen molar-refractivity contribution in [1.82, 2.24) is 0 Å². The number of hydrogen-bond acceptors (Lipinski definition) is 9. The summed E-state index contributed by atoms with van der Waals surface area (Å²) >= 11 is 0. The first-order chi connectivity index (χ1) is 26.8. The molecular weight excluding hydrogens is 733 g/mol. The number of nitrogens with zero attached hydrogens (tertiary/aromatic N) is 1. The zero-order chi connectivity index (χ0) is 41.8. The van der Waals surface area contributed by atoms with E-state index in [1.165, 1.54) is 32.1 Å². The molecule has 0 aromatic carbocycles. The summed E-state index contributed by atoms with van der Waals surface area (Å²) in [6, 6.07) is 0. The van der Waals surface area contributed by atoms with Gasteiger partial charge in [0.2, 0.25) is 0 Å². The third-order valence-corrected chi connectivity index (χ3v) is 10.0. The van der Waals surface area contributed by atoms with Crippen molar-refractivity contribution in [2.24, 2.45) is 0 Å². The third-order valence-electron chi connectivity index (χ3n) is 9.03. The number of esters is 2. The van der Waals surface area contributed by atoms with Crippen LogP contribution >= 0.6 is 7.82 Å². The number of aliphatic hydroxyl groups is 2. The largest absolute Gasteiger partial charge is 0.472 e. The lowest BCUT2D eigenvalue weighted by molar-refractivity contribution is -0.870. The molecule has 0 saturated carbocycles. The second kappa shape index (κ2) is 36.0. The molecule has 0 aliphatic rings. The quantitative estimate of drug-likeness (QED) is 0.0181. The van der Waals surface area contributed by atoms with Gasteiger partial charge in [-0.1, -0.05) is 114 Å². The lowest BCUT2D eigenvalue weighted by atomic mass is 10.0. The van der Waals surface area contributed by atoms with Crippen LogP contribution in [-0.4, -0.2) is 97.3 Å². The summed E-state index contributed by atoms with van der Waals surface area (Å²) in [6.45, 7) is 4.09. The maximum Gasteiger partial charge on any atom is 0.472 e. The van der Waals surface area contributed by atoms with E-state index in [-0.39, 0.29) is 26.1 Å². The van der Waals surface area contributed by atoms with Crippen LogP contribution in [-0.2, 0) is 32.7 Å². The highest BCUT2D eigenvalue weighted by Gasteiger charge is 2.27. The van der Waals surface area contributed by atoms with Crippen LogP contribution in [0.15, 0.2) is 48.6 Å². The van der Waals surface area contributed by atoms with Crippen molar-refractivity contribution < 1.29 is 52.3 Å². The molecule has 1 unspecified atom stereocenters. The van der Waals surface area contributed by atoms with E-state index in [4.69, 9.17) is 18.5 Å². The summed E-state index contributed by atoms with van der Waals surface area (Å²) in [6.07, 6.45) is 33.3. The molecule has 56 heavy (non-hydrogen) atoms. The summed E-state index contributed by atoms with van der Waals surface area (Å²) in [5.74, 6) is -0.959. The summed E-state index contributed by atoms with van der Waals surface area (Å²) < 4.78 is 34.1. The Hall–Kier alpha value is -2.11. The molecule has 0 radical (unpaired) electrons. The minimum absolute atomic E-state index is 0.00443. The Morgan fingerprint density at radius 2 is 1.14 bits per heavy atom. The number of unbranched alkanes of at least 4 members (excludes halogenated alkanes) is 12. The lowest BCUT2D eigenvalue weighted by Crippen LogP contribution is -2.37. The fraction of sp³-hybridized carbons (Fsp3) is 0.773. The van der Waals surface area contributed by atoms with E-state index in [1.54, 1.807) is 0 Å². The van der Waals surface area contributed by atoms with Crippen LogP contribution in [0, 0.1) is 0 Å². The predicted octanol–water partition coefficient (Wildman–Crippen LogP) is 9.85. The van der Waals surface area contributed by atoms with Gasteiger partial charge in [0.15, 0.2) is 6.10 Å². The van der Waals surface area contributed by atoms with Gasteiger partial charge in [-0.25, -0.2) is 4.57 Å². The smallest absolute Gasteiger partial charge is 0.462 e. The highest BCUT2D eigenvalue weighted by atomic mass is 31.2. The van der Waals surface area contributed by atoms with Gasteiger partial charge in [-0.2, -0.15) is 0 Å². The van der Waals surface area contributed by atoms with Gasteiger partial charge in [-0.15, -0.1) is 0 Å². The summed E-state index contributed by atoms with van der Waals surface area (Å²) in [5.41, 5.74) is 0. The van der Waals surface area contributed by atoms with Crippen molar-refractivity contribution in [3.8, 4) is 0 Å². The molecule has 11 nitrogen and oxygen atoms in total. The maximum atomic E-state index is 12.7. The van der Waals surface area contributed by atoms with Crippen molar-refractivity contribution >= 4 is 19.8 Å². The number of phosphoric ester groups is 1. The number of rotatable bonds is 38. The second-order valence-electron chi connectivity index (χ2n) is 15.7. The molecule has 0 amide bonds. The number of quaternary nitrogens is 1. The fourth-order valence-electron chi connectivity index (χ4n) is 5.45. The van der Waals surface area contributed by atoms with E-state index in [1.807, 2.05) is 27.2 Å². The van der Waals surface area contributed by atoms with Crippen LogP contribution in [0.2, 0.25) is 0 Å². The number of carbonyl (C=O) groups is 2. The van der Waals surface area contributed by atoms with E-state index < -0.39 is 44.7 Å². The van der Waals surface area contributed by atoms with E-state index in [9.17, 15) is 29.3 Å².